The monoisotopic (exact) mass is 361 g/mol. The second-order valence-electron chi connectivity index (χ2n) is 6.88. The van der Waals surface area contributed by atoms with Gasteiger partial charge in [0.15, 0.2) is 0 Å². The maximum atomic E-state index is 10.9. The summed E-state index contributed by atoms with van der Waals surface area (Å²) in [5.74, 6) is 0.283. The first-order chi connectivity index (χ1) is 13.8. The minimum Gasteiger partial charge on any atom is -0.507 e. The third kappa shape index (κ3) is 2.76. The SMILES string of the molecule is Oc1ccc2ccccc2c1-c1c(Nc2ccccc2)ccc2ccccc12. The molecule has 2 N–H and O–H groups in total. The normalized spacial score (nSPS) is 11.0. The van der Waals surface area contributed by atoms with Crippen LogP contribution >= 0.6 is 0 Å². The molecule has 0 aromatic heterocycles. The molecule has 0 saturated heterocycles. The van der Waals surface area contributed by atoms with Crippen LogP contribution in [0, 0.1) is 0 Å². The Labute approximate surface area is 163 Å². The van der Waals surface area contributed by atoms with E-state index < -0.39 is 0 Å². The van der Waals surface area contributed by atoms with Crippen LogP contribution in [0.2, 0.25) is 0 Å². The summed E-state index contributed by atoms with van der Waals surface area (Å²) in [6, 6.07) is 34.6. The number of para-hydroxylation sites is 1. The Morgan fingerprint density at radius 2 is 1.07 bits per heavy atom. The molecule has 2 heteroatoms. The van der Waals surface area contributed by atoms with E-state index in [-0.39, 0.29) is 5.75 Å². The van der Waals surface area contributed by atoms with Crippen molar-refractivity contribution in [2.24, 2.45) is 0 Å². The molecule has 5 rings (SSSR count). The Kier molecular flexibility index (Phi) is 3.95. The lowest BCUT2D eigenvalue weighted by Gasteiger charge is -2.18. The van der Waals surface area contributed by atoms with Crippen LogP contribution < -0.4 is 5.32 Å². The highest BCUT2D eigenvalue weighted by atomic mass is 16.3. The van der Waals surface area contributed by atoms with Crippen molar-refractivity contribution in [2.45, 2.75) is 0 Å². The van der Waals surface area contributed by atoms with Gasteiger partial charge in [0, 0.05) is 22.5 Å². The van der Waals surface area contributed by atoms with Gasteiger partial charge in [0.05, 0.1) is 0 Å². The van der Waals surface area contributed by atoms with E-state index in [1.165, 1.54) is 0 Å². The van der Waals surface area contributed by atoms with E-state index in [1.54, 1.807) is 6.07 Å². The van der Waals surface area contributed by atoms with Gasteiger partial charge in [-0.1, -0.05) is 78.9 Å². The highest BCUT2D eigenvalue weighted by Crippen LogP contribution is 2.44. The van der Waals surface area contributed by atoms with E-state index in [2.05, 4.69) is 41.7 Å². The second-order valence-corrected chi connectivity index (χ2v) is 6.88. The van der Waals surface area contributed by atoms with E-state index in [9.17, 15) is 5.11 Å². The fraction of sp³-hybridized carbons (Fsp3) is 0. The molecule has 0 aliphatic heterocycles. The Morgan fingerprint density at radius 1 is 0.500 bits per heavy atom. The molecule has 0 aliphatic carbocycles. The van der Waals surface area contributed by atoms with E-state index in [0.717, 1.165) is 44.0 Å². The number of anilines is 2. The summed E-state index contributed by atoms with van der Waals surface area (Å²) in [6.07, 6.45) is 0. The summed E-state index contributed by atoms with van der Waals surface area (Å²) < 4.78 is 0. The minimum absolute atomic E-state index is 0.283. The topological polar surface area (TPSA) is 32.3 Å². The third-order valence-electron chi connectivity index (χ3n) is 5.14. The quantitative estimate of drug-likeness (QED) is 0.359. The van der Waals surface area contributed by atoms with Gasteiger partial charge in [-0.15, -0.1) is 0 Å². The van der Waals surface area contributed by atoms with Gasteiger partial charge in [0.25, 0.3) is 0 Å². The smallest absolute Gasteiger partial charge is 0.124 e. The molecule has 28 heavy (non-hydrogen) atoms. The highest BCUT2D eigenvalue weighted by Gasteiger charge is 2.16. The van der Waals surface area contributed by atoms with Gasteiger partial charge in [-0.2, -0.15) is 0 Å². The fourth-order valence-corrected chi connectivity index (χ4v) is 3.84. The van der Waals surface area contributed by atoms with Gasteiger partial charge in [-0.25, -0.2) is 0 Å². The lowest BCUT2D eigenvalue weighted by atomic mass is 9.91. The second kappa shape index (κ2) is 6.75. The number of fused-ring (bicyclic) bond motifs is 2. The van der Waals surface area contributed by atoms with Crippen molar-refractivity contribution in [3.8, 4) is 16.9 Å². The first-order valence-corrected chi connectivity index (χ1v) is 9.36. The van der Waals surface area contributed by atoms with Crippen LogP contribution in [0.1, 0.15) is 0 Å². The zero-order valence-corrected chi connectivity index (χ0v) is 15.3. The number of aromatic hydroxyl groups is 1. The molecule has 0 spiro atoms. The van der Waals surface area contributed by atoms with Gasteiger partial charge < -0.3 is 10.4 Å². The molecule has 0 saturated carbocycles. The average Bonchev–Trinajstić information content (AvgIpc) is 2.75. The van der Waals surface area contributed by atoms with Gasteiger partial charge in [0.2, 0.25) is 0 Å². The van der Waals surface area contributed by atoms with E-state index in [0.29, 0.717) is 0 Å². The number of phenols is 1. The molecule has 0 heterocycles. The van der Waals surface area contributed by atoms with E-state index in [1.807, 2.05) is 60.7 Å². The summed E-state index contributed by atoms with van der Waals surface area (Å²) >= 11 is 0. The predicted molar refractivity (Wildman–Crippen MR) is 118 cm³/mol. The molecule has 2 nitrogen and oxygen atoms in total. The number of hydrogen-bond donors (Lipinski definition) is 2. The van der Waals surface area contributed by atoms with Crippen molar-refractivity contribution in [1.82, 2.24) is 0 Å². The standard InChI is InChI=1S/C26H19NO/c28-24-17-15-19-9-5-7-13-22(19)26(24)25-21-12-6-4-8-18(21)14-16-23(25)27-20-10-2-1-3-11-20/h1-17,27-28H. The van der Waals surface area contributed by atoms with E-state index >= 15 is 0 Å². The van der Waals surface area contributed by atoms with Gasteiger partial charge in [-0.3, -0.25) is 0 Å². The largest absolute Gasteiger partial charge is 0.507 e. The Hall–Kier alpha value is -3.78. The molecule has 0 radical (unpaired) electrons. The Balaban J connectivity index is 1.86. The average molecular weight is 361 g/mol. The summed E-state index contributed by atoms with van der Waals surface area (Å²) in [5.41, 5.74) is 3.85. The van der Waals surface area contributed by atoms with Crippen molar-refractivity contribution >= 4 is 32.9 Å². The lowest BCUT2D eigenvalue weighted by Crippen LogP contribution is -1.95. The molecular formula is C26H19NO. The summed E-state index contributed by atoms with van der Waals surface area (Å²) in [4.78, 5) is 0. The summed E-state index contributed by atoms with van der Waals surface area (Å²) in [5, 5.41) is 18.8. The van der Waals surface area contributed by atoms with Crippen molar-refractivity contribution in [2.75, 3.05) is 5.32 Å². The molecule has 0 atom stereocenters. The Bertz CT molecular complexity index is 1290. The van der Waals surface area contributed by atoms with Gasteiger partial charge in [0.1, 0.15) is 5.75 Å². The minimum atomic E-state index is 0.283. The zero-order valence-electron chi connectivity index (χ0n) is 15.3. The number of hydrogen-bond acceptors (Lipinski definition) is 2. The van der Waals surface area contributed by atoms with Crippen molar-refractivity contribution < 1.29 is 5.11 Å². The van der Waals surface area contributed by atoms with Gasteiger partial charge >= 0.3 is 0 Å². The van der Waals surface area contributed by atoms with Crippen LogP contribution in [-0.4, -0.2) is 5.11 Å². The van der Waals surface area contributed by atoms with E-state index in [4.69, 9.17) is 0 Å². The molecule has 0 amide bonds. The van der Waals surface area contributed by atoms with Crippen LogP contribution in [0.15, 0.2) is 103 Å². The van der Waals surface area contributed by atoms with Crippen LogP contribution in [-0.2, 0) is 0 Å². The molecule has 0 unspecified atom stereocenters. The van der Waals surface area contributed by atoms with Gasteiger partial charge in [-0.05, 0) is 45.8 Å². The maximum Gasteiger partial charge on any atom is 0.124 e. The maximum absolute atomic E-state index is 10.9. The molecule has 134 valence electrons. The molecule has 0 fully saturated rings. The first-order valence-electron chi connectivity index (χ1n) is 9.36. The number of nitrogens with one attached hydrogen (secondary N) is 1. The van der Waals surface area contributed by atoms with Crippen LogP contribution in [0.25, 0.3) is 32.7 Å². The summed E-state index contributed by atoms with van der Waals surface area (Å²) in [6.45, 7) is 0. The number of phenolic OH excluding ortho intramolecular Hbond substituents is 1. The zero-order chi connectivity index (χ0) is 18.9. The molecule has 0 aliphatic rings. The lowest BCUT2D eigenvalue weighted by molar-refractivity contribution is 0.478. The van der Waals surface area contributed by atoms with Crippen molar-refractivity contribution in [3.05, 3.63) is 103 Å². The van der Waals surface area contributed by atoms with Crippen LogP contribution in [0.5, 0.6) is 5.75 Å². The highest BCUT2D eigenvalue weighted by molar-refractivity contribution is 6.12. The number of rotatable bonds is 3. The predicted octanol–water partition coefficient (Wildman–Crippen LogP) is 7.11. The molecule has 5 aromatic carbocycles. The fourth-order valence-electron chi connectivity index (χ4n) is 3.84. The summed E-state index contributed by atoms with van der Waals surface area (Å²) in [7, 11) is 0. The molecule has 5 aromatic rings. The Morgan fingerprint density at radius 3 is 1.79 bits per heavy atom. The first kappa shape index (κ1) is 16.4. The van der Waals surface area contributed by atoms with Crippen molar-refractivity contribution in [3.63, 3.8) is 0 Å². The third-order valence-corrected chi connectivity index (χ3v) is 5.14. The molecule has 0 bridgehead atoms. The number of benzene rings is 5. The van der Waals surface area contributed by atoms with Crippen molar-refractivity contribution in [1.29, 1.82) is 0 Å². The van der Waals surface area contributed by atoms with Crippen LogP contribution in [0.3, 0.4) is 0 Å². The van der Waals surface area contributed by atoms with Crippen LogP contribution in [0.4, 0.5) is 11.4 Å². The molecular weight excluding hydrogens is 342 g/mol.